The average molecular weight is 611 g/mol. The number of H-pyrrole nitrogens is 1. The zero-order valence-electron chi connectivity index (χ0n) is 25.4. The molecule has 0 amide bonds. The lowest BCUT2D eigenvalue weighted by atomic mass is 9.99. The van der Waals surface area contributed by atoms with Crippen molar-refractivity contribution in [2.45, 2.75) is 39.5 Å². The van der Waals surface area contributed by atoms with E-state index in [1.165, 1.54) is 0 Å². The second-order valence-corrected chi connectivity index (χ2v) is 11.5. The summed E-state index contributed by atoms with van der Waals surface area (Å²) in [7, 11) is 1.65. The van der Waals surface area contributed by atoms with Crippen LogP contribution in [0.25, 0.3) is 10.9 Å². The van der Waals surface area contributed by atoms with Gasteiger partial charge in [-0.05, 0) is 63.9 Å². The zero-order chi connectivity index (χ0) is 30.9. The molecule has 0 fully saturated rings. The van der Waals surface area contributed by atoms with Crippen LogP contribution in [0, 0.1) is 5.92 Å². The number of nitrogens with zero attached hydrogens (tertiary/aromatic N) is 5. The molecule has 3 aromatic carbocycles. The number of hydrogen-bond donors (Lipinski definition) is 1. The van der Waals surface area contributed by atoms with Crippen LogP contribution in [0.4, 0.5) is 0 Å². The molecule has 2 aliphatic rings. The third-order valence-electron chi connectivity index (χ3n) is 8.12. The van der Waals surface area contributed by atoms with Crippen molar-refractivity contribution in [3.05, 3.63) is 93.5 Å². The van der Waals surface area contributed by atoms with Gasteiger partial charge in [0.25, 0.3) is 5.56 Å². The average Bonchev–Trinajstić information content (AvgIpc) is 3.70. The molecule has 0 bridgehead atoms. The molecule has 1 N–H and O–H groups in total. The summed E-state index contributed by atoms with van der Waals surface area (Å²) >= 11 is 0. The zero-order valence-corrected chi connectivity index (χ0v) is 25.4. The summed E-state index contributed by atoms with van der Waals surface area (Å²) < 4.78 is 29.9. The number of hydrogen-bond acceptors (Lipinski definition) is 10. The topological polar surface area (TPSA) is 126 Å². The first-order valence-electron chi connectivity index (χ1n) is 14.9. The van der Waals surface area contributed by atoms with Crippen LogP contribution >= 0.6 is 0 Å². The van der Waals surface area contributed by atoms with Crippen molar-refractivity contribution in [1.82, 2.24) is 30.1 Å². The van der Waals surface area contributed by atoms with E-state index in [4.69, 9.17) is 23.7 Å². The van der Waals surface area contributed by atoms with E-state index >= 15 is 0 Å². The molecule has 4 heterocycles. The molecular weight excluding hydrogens is 576 g/mol. The number of nitrogens with one attached hydrogen (secondary N) is 1. The lowest BCUT2D eigenvalue weighted by Crippen LogP contribution is -2.35. The Bertz CT molecular complexity index is 1890. The minimum Gasteiger partial charge on any atom is -0.497 e. The monoisotopic (exact) mass is 610 g/mol. The van der Waals surface area contributed by atoms with Gasteiger partial charge in [0.1, 0.15) is 19.0 Å². The maximum atomic E-state index is 13.5. The molecule has 0 spiro atoms. The standard InChI is InChI=1S/C33H34N6O6/c1-20(2)31(32-35-36-37-39(32)17-21-4-7-25(41-3)8-5-21)38(16-22-6-9-27-28(12-22)45-19-44-27)18-24-13-23-14-29-30(43-11-10-42-29)15-26(23)34-33(24)40/h4-9,12-15,20,31H,10-11,16-19H2,1-3H3,(H,34,40). The van der Waals surface area contributed by atoms with Gasteiger partial charge < -0.3 is 28.7 Å². The van der Waals surface area contributed by atoms with Crippen LogP contribution in [-0.2, 0) is 19.6 Å². The highest BCUT2D eigenvalue weighted by molar-refractivity contribution is 5.83. The Labute approximate surface area is 259 Å². The van der Waals surface area contributed by atoms with Crippen LogP contribution in [0.2, 0.25) is 0 Å². The van der Waals surface area contributed by atoms with Crippen molar-refractivity contribution >= 4 is 10.9 Å². The van der Waals surface area contributed by atoms with E-state index in [0.29, 0.717) is 67.0 Å². The quantitative estimate of drug-likeness (QED) is 0.242. The lowest BCUT2D eigenvalue weighted by Gasteiger charge is -2.33. The summed E-state index contributed by atoms with van der Waals surface area (Å²) in [4.78, 5) is 18.8. The third kappa shape index (κ3) is 5.88. The number of ether oxygens (including phenoxy) is 5. The Morgan fingerprint density at radius 1 is 0.889 bits per heavy atom. The van der Waals surface area contributed by atoms with Crippen molar-refractivity contribution in [2.75, 3.05) is 27.1 Å². The highest BCUT2D eigenvalue weighted by Crippen LogP contribution is 2.37. The van der Waals surface area contributed by atoms with Gasteiger partial charge >= 0.3 is 0 Å². The molecule has 12 nitrogen and oxygen atoms in total. The van der Waals surface area contributed by atoms with Crippen molar-refractivity contribution in [2.24, 2.45) is 5.92 Å². The summed E-state index contributed by atoms with van der Waals surface area (Å²) in [5, 5.41) is 13.8. The van der Waals surface area contributed by atoms with Crippen molar-refractivity contribution in [3.63, 3.8) is 0 Å². The second kappa shape index (κ2) is 12.1. The SMILES string of the molecule is COc1ccc(Cn2nnnc2C(C(C)C)N(Cc2ccc3c(c2)OCO3)Cc2cc3cc4c(cc3[nH]c2=O)OCCO4)cc1. The minimum atomic E-state index is -0.237. The maximum absolute atomic E-state index is 13.5. The number of aromatic nitrogens is 5. The van der Waals surface area contributed by atoms with Gasteiger partial charge in [-0.15, -0.1) is 5.10 Å². The molecule has 1 atom stereocenters. The Kier molecular flexibility index (Phi) is 7.72. The van der Waals surface area contributed by atoms with Gasteiger partial charge in [-0.3, -0.25) is 9.69 Å². The van der Waals surface area contributed by atoms with Crippen molar-refractivity contribution in [1.29, 1.82) is 0 Å². The Morgan fingerprint density at radius 2 is 1.62 bits per heavy atom. The van der Waals surface area contributed by atoms with E-state index in [1.807, 2.05) is 65.3 Å². The van der Waals surface area contributed by atoms with E-state index < -0.39 is 0 Å². The fraction of sp³-hybridized carbons (Fsp3) is 0.333. The van der Waals surface area contributed by atoms with E-state index in [0.717, 1.165) is 28.0 Å². The van der Waals surface area contributed by atoms with Crippen molar-refractivity contribution in [3.8, 4) is 28.7 Å². The van der Waals surface area contributed by atoms with Crippen LogP contribution in [0.5, 0.6) is 28.7 Å². The summed E-state index contributed by atoms with van der Waals surface area (Å²) in [6.07, 6.45) is 0. The van der Waals surface area contributed by atoms with Crippen LogP contribution in [0.15, 0.2) is 65.5 Å². The van der Waals surface area contributed by atoms with Gasteiger partial charge in [0.05, 0.1) is 25.2 Å². The van der Waals surface area contributed by atoms with Crippen LogP contribution in [0.3, 0.4) is 0 Å². The smallest absolute Gasteiger partial charge is 0.252 e. The molecule has 5 aromatic rings. The summed E-state index contributed by atoms with van der Waals surface area (Å²) in [5.41, 5.74) is 3.18. The predicted molar refractivity (Wildman–Crippen MR) is 165 cm³/mol. The molecule has 0 aliphatic carbocycles. The summed E-state index contributed by atoms with van der Waals surface area (Å²) in [6, 6.07) is 19.2. The molecule has 0 saturated heterocycles. The second-order valence-electron chi connectivity index (χ2n) is 11.5. The number of fused-ring (bicyclic) bond motifs is 3. The Hall–Kier alpha value is -5.10. The highest BCUT2D eigenvalue weighted by atomic mass is 16.7. The number of aromatic amines is 1. The normalized spacial score (nSPS) is 14.3. The number of benzene rings is 3. The first kappa shape index (κ1) is 28.7. The van der Waals surface area contributed by atoms with Gasteiger partial charge in [0, 0.05) is 30.1 Å². The summed E-state index contributed by atoms with van der Waals surface area (Å²) in [6.45, 7) is 6.76. The van der Waals surface area contributed by atoms with Gasteiger partial charge in [-0.25, -0.2) is 4.68 Å². The number of methoxy groups -OCH3 is 1. The van der Waals surface area contributed by atoms with Crippen LogP contribution in [-0.4, -0.2) is 57.2 Å². The number of tetrazole rings is 1. The maximum Gasteiger partial charge on any atom is 0.252 e. The molecule has 1 unspecified atom stereocenters. The predicted octanol–water partition coefficient (Wildman–Crippen LogP) is 4.47. The molecule has 2 aliphatic heterocycles. The minimum absolute atomic E-state index is 0.0942. The van der Waals surface area contributed by atoms with E-state index in [-0.39, 0.29) is 24.3 Å². The highest BCUT2D eigenvalue weighted by Gasteiger charge is 2.31. The molecular formula is C33H34N6O6. The van der Waals surface area contributed by atoms with E-state index in [2.05, 4.69) is 39.3 Å². The van der Waals surface area contributed by atoms with Crippen LogP contribution in [0.1, 0.15) is 42.4 Å². The van der Waals surface area contributed by atoms with Gasteiger partial charge in [-0.2, -0.15) is 0 Å². The molecule has 0 saturated carbocycles. The Balaban J connectivity index is 1.26. The van der Waals surface area contributed by atoms with E-state index in [9.17, 15) is 4.79 Å². The fourth-order valence-corrected chi connectivity index (χ4v) is 5.97. The number of pyridine rings is 1. The van der Waals surface area contributed by atoms with Crippen LogP contribution < -0.4 is 29.2 Å². The van der Waals surface area contributed by atoms with Gasteiger partial charge in [-0.1, -0.05) is 32.0 Å². The first-order valence-corrected chi connectivity index (χ1v) is 14.9. The van der Waals surface area contributed by atoms with Crippen molar-refractivity contribution < 1.29 is 23.7 Å². The Morgan fingerprint density at radius 3 is 2.40 bits per heavy atom. The number of rotatable bonds is 10. The third-order valence-corrected chi connectivity index (χ3v) is 8.12. The van der Waals surface area contributed by atoms with Gasteiger partial charge in [0.2, 0.25) is 6.79 Å². The first-order chi connectivity index (χ1) is 21.9. The largest absolute Gasteiger partial charge is 0.497 e. The molecule has 12 heteroatoms. The molecule has 0 radical (unpaired) electrons. The summed E-state index contributed by atoms with van der Waals surface area (Å²) in [5.74, 6) is 4.30. The molecule has 232 valence electrons. The lowest BCUT2D eigenvalue weighted by molar-refractivity contribution is 0.126. The van der Waals surface area contributed by atoms with Gasteiger partial charge in [0.15, 0.2) is 28.8 Å². The molecule has 2 aromatic heterocycles. The van der Waals surface area contributed by atoms with E-state index in [1.54, 1.807) is 7.11 Å². The molecule has 45 heavy (non-hydrogen) atoms. The fourth-order valence-electron chi connectivity index (χ4n) is 5.97. The molecule has 7 rings (SSSR count).